The first-order valence-corrected chi connectivity index (χ1v) is 6.99. The second kappa shape index (κ2) is 6.72. The van der Waals surface area contributed by atoms with Gasteiger partial charge in [-0.05, 0) is 25.2 Å². The van der Waals surface area contributed by atoms with Gasteiger partial charge in [0.25, 0.3) is 0 Å². The summed E-state index contributed by atoms with van der Waals surface area (Å²) in [5.41, 5.74) is -0.566. The molecule has 1 fully saturated rings. The van der Waals surface area contributed by atoms with Crippen molar-refractivity contribution < 1.29 is 19.1 Å². The Morgan fingerprint density at radius 1 is 1.25 bits per heavy atom. The van der Waals surface area contributed by atoms with Gasteiger partial charge in [0.1, 0.15) is 5.92 Å². The van der Waals surface area contributed by atoms with Gasteiger partial charge in [-0.15, -0.1) is 0 Å². The molecule has 0 aromatic carbocycles. The topological polar surface area (TPSA) is 84.5 Å². The van der Waals surface area contributed by atoms with Crippen LogP contribution in [0, 0.1) is 11.3 Å². The normalized spacial score (nSPS) is 16.2. The number of carbonyl (C=O) groups is 3. The van der Waals surface area contributed by atoms with Crippen LogP contribution in [0.25, 0.3) is 0 Å². The van der Waals surface area contributed by atoms with Crippen molar-refractivity contribution in [1.29, 1.82) is 0 Å². The summed E-state index contributed by atoms with van der Waals surface area (Å²) in [6.45, 7) is 7.18. The lowest BCUT2D eigenvalue weighted by Crippen LogP contribution is -2.46. The fourth-order valence-corrected chi connectivity index (χ4v) is 1.86. The lowest BCUT2D eigenvalue weighted by molar-refractivity contribution is -0.157. The van der Waals surface area contributed by atoms with Gasteiger partial charge < -0.3 is 15.4 Å². The number of esters is 1. The summed E-state index contributed by atoms with van der Waals surface area (Å²) in [6.07, 6.45) is 1.99. The van der Waals surface area contributed by atoms with Crippen LogP contribution in [-0.2, 0) is 19.1 Å². The number of amides is 2. The van der Waals surface area contributed by atoms with Crippen molar-refractivity contribution in [2.75, 3.05) is 13.2 Å². The molecule has 1 aliphatic rings. The van der Waals surface area contributed by atoms with Crippen molar-refractivity contribution in [2.24, 2.45) is 11.3 Å². The molecule has 6 heteroatoms. The van der Waals surface area contributed by atoms with Gasteiger partial charge in [0.05, 0.1) is 13.2 Å². The molecule has 1 unspecified atom stereocenters. The molecule has 0 heterocycles. The lowest BCUT2D eigenvalue weighted by Gasteiger charge is -2.27. The smallest absolute Gasteiger partial charge is 0.319 e. The number of nitrogens with one attached hydrogen (secondary N) is 2. The molecular weight excluding hydrogens is 260 g/mol. The molecule has 2 amide bonds. The molecule has 6 nitrogen and oxygen atoms in total. The van der Waals surface area contributed by atoms with E-state index in [0.29, 0.717) is 0 Å². The Bertz CT molecular complexity index is 383. The van der Waals surface area contributed by atoms with Crippen LogP contribution in [0.1, 0.15) is 40.5 Å². The molecular formula is C14H24N2O4. The summed E-state index contributed by atoms with van der Waals surface area (Å²) in [6, 6.07) is 0.253. The highest BCUT2D eigenvalue weighted by atomic mass is 16.5. The summed E-state index contributed by atoms with van der Waals surface area (Å²) < 4.78 is 4.93. The molecule has 0 aromatic rings. The van der Waals surface area contributed by atoms with Gasteiger partial charge in [0, 0.05) is 6.04 Å². The van der Waals surface area contributed by atoms with Crippen LogP contribution in [0.3, 0.4) is 0 Å². The second-order valence-electron chi connectivity index (χ2n) is 6.11. The largest absolute Gasteiger partial charge is 0.465 e. The maximum atomic E-state index is 12.1. The zero-order valence-electron chi connectivity index (χ0n) is 12.6. The van der Waals surface area contributed by atoms with E-state index < -0.39 is 23.2 Å². The fourth-order valence-electron chi connectivity index (χ4n) is 1.86. The second-order valence-corrected chi connectivity index (χ2v) is 6.11. The Balaban J connectivity index is 2.54. The molecule has 0 spiro atoms. The van der Waals surface area contributed by atoms with Gasteiger partial charge >= 0.3 is 5.97 Å². The SMILES string of the molecule is CCOC(=O)C(C(=O)NCC(=O)NC1CC1)C(C)(C)C. The maximum absolute atomic E-state index is 12.1. The van der Waals surface area contributed by atoms with Gasteiger partial charge in [0.15, 0.2) is 0 Å². The van der Waals surface area contributed by atoms with Crippen molar-refractivity contribution in [1.82, 2.24) is 10.6 Å². The molecule has 1 rings (SSSR count). The number of hydrogen-bond donors (Lipinski definition) is 2. The molecule has 1 aliphatic carbocycles. The summed E-state index contributed by atoms with van der Waals surface area (Å²) >= 11 is 0. The predicted molar refractivity (Wildman–Crippen MR) is 73.8 cm³/mol. The highest BCUT2D eigenvalue weighted by molar-refractivity contribution is 5.99. The van der Waals surface area contributed by atoms with Crippen LogP contribution >= 0.6 is 0 Å². The molecule has 0 aromatic heterocycles. The molecule has 20 heavy (non-hydrogen) atoms. The number of rotatable bonds is 6. The molecule has 0 bridgehead atoms. The third-order valence-corrected chi connectivity index (χ3v) is 3.02. The molecule has 2 N–H and O–H groups in total. The van der Waals surface area contributed by atoms with E-state index in [-0.39, 0.29) is 25.1 Å². The number of ether oxygens (including phenoxy) is 1. The average molecular weight is 284 g/mol. The van der Waals surface area contributed by atoms with Crippen molar-refractivity contribution >= 4 is 17.8 Å². The van der Waals surface area contributed by atoms with E-state index in [1.54, 1.807) is 27.7 Å². The Kier molecular flexibility index (Phi) is 5.53. The quantitative estimate of drug-likeness (QED) is 0.553. The van der Waals surface area contributed by atoms with Gasteiger partial charge in [-0.25, -0.2) is 0 Å². The first kappa shape index (κ1) is 16.5. The van der Waals surface area contributed by atoms with Crippen LogP contribution < -0.4 is 10.6 Å². The van der Waals surface area contributed by atoms with E-state index in [1.807, 2.05) is 0 Å². The monoisotopic (exact) mass is 284 g/mol. The molecule has 0 radical (unpaired) electrons. The Labute approximate surface area is 119 Å². The lowest BCUT2D eigenvalue weighted by atomic mass is 9.80. The van der Waals surface area contributed by atoms with Gasteiger partial charge in [-0.3, -0.25) is 14.4 Å². The van der Waals surface area contributed by atoms with Gasteiger partial charge in [0.2, 0.25) is 11.8 Å². The number of carbonyl (C=O) groups excluding carboxylic acids is 3. The van der Waals surface area contributed by atoms with Crippen LogP contribution in [-0.4, -0.2) is 37.0 Å². The molecule has 114 valence electrons. The summed E-state index contributed by atoms with van der Waals surface area (Å²) in [7, 11) is 0. The maximum Gasteiger partial charge on any atom is 0.319 e. The van der Waals surface area contributed by atoms with Gasteiger partial charge in [-0.2, -0.15) is 0 Å². The fraction of sp³-hybridized carbons (Fsp3) is 0.786. The summed E-state index contributed by atoms with van der Waals surface area (Å²) in [5, 5.41) is 5.28. The molecule has 0 saturated heterocycles. The van der Waals surface area contributed by atoms with Crippen molar-refractivity contribution in [2.45, 2.75) is 46.6 Å². The minimum Gasteiger partial charge on any atom is -0.465 e. The first-order valence-electron chi connectivity index (χ1n) is 6.99. The van der Waals surface area contributed by atoms with E-state index in [1.165, 1.54) is 0 Å². The van der Waals surface area contributed by atoms with Crippen LogP contribution in [0.4, 0.5) is 0 Å². The molecule has 1 saturated carbocycles. The van der Waals surface area contributed by atoms with E-state index in [9.17, 15) is 14.4 Å². The van der Waals surface area contributed by atoms with Crippen LogP contribution in [0.5, 0.6) is 0 Å². The third kappa shape index (κ3) is 5.19. The number of hydrogen-bond acceptors (Lipinski definition) is 4. The third-order valence-electron chi connectivity index (χ3n) is 3.02. The zero-order chi connectivity index (χ0) is 15.3. The minimum atomic E-state index is -0.920. The predicted octanol–water partition coefficient (Wildman–Crippen LogP) is 0.607. The van der Waals surface area contributed by atoms with E-state index in [4.69, 9.17) is 4.74 Å². The minimum absolute atomic E-state index is 0.110. The molecule has 1 atom stereocenters. The Morgan fingerprint density at radius 3 is 2.30 bits per heavy atom. The highest BCUT2D eigenvalue weighted by Crippen LogP contribution is 2.27. The summed E-state index contributed by atoms with van der Waals surface area (Å²) in [5.74, 6) is -2.17. The summed E-state index contributed by atoms with van der Waals surface area (Å²) in [4.78, 5) is 35.5. The average Bonchev–Trinajstić information content (AvgIpc) is 3.09. The van der Waals surface area contributed by atoms with E-state index in [2.05, 4.69) is 10.6 Å². The van der Waals surface area contributed by atoms with E-state index in [0.717, 1.165) is 12.8 Å². The van der Waals surface area contributed by atoms with Gasteiger partial charge in [-0.1, -0.05) is 20.8 Å². The highest BCUT2D eigenvalue weighted by Gasteiger charge is 2.39. The van der Waals surface area contributed by atoms with Crippen molar-refractivity contribution in [3.63, 3.8) is 0 Å². The van der Waals surface area contributed by atoms with Crippen molar-refractivity contribution in [3.8, 4) is 0 Å². The Morgan fingerprint density at radius 2 is 1.85 bits per heavy atom. The Hall–Kier alpha value is -1.59. The zero-order valence-corrected chi connectivity index (χ0v) is 12.6. The first-order chi connectivity index (χ1) is 9.25. The van der Waals surface area contributed by atoms with Crippen molar-refractivity contribution in [3.05, 3.63) is 0 Å². The van der Waals surface area contributed by atoms with Crippen LogP contribution in [0.15, 0.2) is 0 Å². The molecule has 0 aliphatic heterocycles. The standard InChI is InChI=1S/C14H24N2O4/c1-5-20-13(19)11(14(2,3)4)12(18)15-8-10(17)16-9-6-7-9/h9,11H,5-8H2,1-4H3,(H,15,18)(H,16,17). The van der Waals surface area contributed by atoms with Crippen LogP contribution in [0.2, 0.25) is 0 Å². The van der Waals surface area contributed by atoms with E-state index >= 15 is 0 Å².